The number of aliphatic imine (C=N–C) groups is 1. The van der Waals surface area contributed by atoms with Crippen molar-refractivity contribution in [1.29, 1.82) is 0 Å². The van der Waals surface area contributed by atoms with Gasteiger partial charge in [0.25, 0.3) is 0 Å². The fraction of sp³-hybridized carbons (Fsp3) is 0.467. The molecule has 0 aliphatic rings. The second kappa shape index (κ2) is 10.9. The molecule has 0 aromatic heterocycles. The van der Waals surface area contributed by atoms with Crippen LogP contribution in [-0.4, -0.2) is 44.0 Å². The summed E-state index contributed by atoms with van der Waals surface area (Å²) in [7, 11) is 1.66. The molecule has 0 heterocycles. The van der Waals surface area contributed by atoms with Gasteiger partial charge in [-0.05, 0) is 49.1 Å². The molecule has 7 heteroatoms. The van der Waals surface area contributed by atoms with E-state index in [1.807, 2.05) is 11.8 Å². The summed E-state index contributed by atoms with van der Waals surface area (Å²) in [6, 6.07) is 5.65. The Morgan fingerprint density at radius 3 is 2.59 bits per heavy atom. The molecular formula is C15H23FN4OS. The Morgan fingerprint density at radius 2 is 1.95 bits per heavy atom. The van der Waals surface area contributed by atoms with Gasteiger partial charge in [0.2, 0.25) is 5.91 Å². The van der Waals surface area contributed by atoms with Crippen molar-refractivity contribution in [3.05, 3.63) is 30.1 Å². The molecule has 0 spiro atoms. The number of rotatable bonds is 8. The molecule has 0 bridgehead atoms. The monoisotopic (exact) mass is 326 g/mol. The number of guanidine groups is 1. The van der Waals surface area contributed by atoms with E-state index in [0.717, 1.165) is 25.1 Å². The molecule has 0 saturated carbocycles. The molecule has 0 unspecified atom stereocenters. The van der Waals surface area contributed by atoms with E-state index in [-0.39, 0.29) is 18.3 Å². The van der Waals surface area contributed by atoms with Gasteiger partial charge >= 0.3 is 0 Å². The fourth-order valence-corrected chi connectivity index (χ4v) is 2.19. The quantitative estimate of drug-likeness (QED) is 0.389. The Hall–Kier alpha value is -1.76. The zero-order valence-electron chi connectivity index (χ0n) is 13.0. The van der Waals surface area contributed by atoms with Gasteiger partial charge < -0.3 is 16.0 Å². The summed E-state index contributed by atoms with van der Waals surface area (Å²) >= 11 is 1.83. The maximum absolute atomic E-state index is 12.8. The van der Waals surface area contributed by atoms with E-state index in [4.69, 9.17) is 0 Å². The van der Waals surface area contributed by atoms with Crippen molar-refractivity contribution in [2.24, 2.45) is 4.99 Å². The first-order valence-electron chi connectivity index (χ1n) is 7.14. The standard InChI is InChI=1S/C15H23FN4OS/c1-17-15(18-9-3-4-10-22-2)19-11-14(21)20-13-7-5-12(16)6-8-13/h5-8H,3-4,9-11H2,1-2H3,(H,20,21)(H2,17,18,19). The van der Waals surface area contributed by atoms with Gasteiger partial charge in [-0.25, -0.2) is 4.39 Å². The van der Waals surface area contributed by atoms with Crippen LogP contribution in [0.3, 0.4) is 0 Å². The number of unbranched alkanes of at least 4 members (excludes halogenated alkanes) is 1. The topological polar surface area (TPSA) is 65.5 Å². The van der Waals surface area contributed by atoms with E-state index in [2.05, 4.69) is 27.2 Å². The maximum Gasteiger partial charge on any atom is 0.243 e. The third kappa shape index (κ3) is 7.87. The Balaban J connectivity index is 2.24. The van der Waals surface area contributed by atoms with Crippen molar-refractivity contribution in [2.45, 2.75) is 12.8 Å². The van der Waals surface area contributed by atoms with Gasteiger partial charge in [-0.1, -0.05) is 0 Å². The van der Waals surface area contributed by atoms with E-state index in [1.54, 1.807) is 7.05 Å². The highest BCUT2D eigenvalue weighted by molar-refractivity contribution is 7.98. The number of carbonyl (C=O) groups excluding carboxylic acids is 1. The lowest BCUT2D eigenvalue weighted by Crippen LogP contribution is -2.41. The van der Waals surface area contributed by atoms with Crippen LogP contribution in [0.4, 0.5) is 10.1 Å². The summed E-state index contributed by atoms with van der Waals surface area (Å²) in [6.45, 7) is 0.918. The molecule has 0 aliphatic carbocycles. The van der Waals surface area contributed by atoms with Crippen LogP contribution in [0.2, 0.25) is 0 Å². The van der Waals surface area contributed by atoms with Crippen LogP contribution in [0, 0.1) is 5.82 Å². The van der Waals surface area contributed by atoms with Crippen molar-refractivity contribution in [3.8, 4) is 0 Å². The third-order valence-corrected chi connectivity index (χ3v) is 3.53. The number of nitrogens with one attached hydrogen (secondary N) is 3. The molecule has 5 nitrogen and oxygen atoms in total. The minimum Gasteiger partial charge on any atom is -0.356 e. The number of hydrogen-bond acceptors (Lipinski definition) is 3. The first-order chi connectivity index (χ1) is 10.7. The van der Waals surface area contributed by atoms with Crippen molar-refractivity contribution >= 4 is 29.3 Å². The van der Waals surface area contributed by atoms with Gasteiger partial charge in [-0.15, -0.1) is 0 Å². The average molecular weight is 326 g/mol. The lowest BCUT2D eigenvalue weighted by molar-refractivity contribution is -0.115. The van der Waals surface area contributed by atoms with Crippen LogP contribution in [0.1, 0.15) is 12.8 Å². The van der Waals surface area contributed by atoms with Crippen molar-refractivity contribution in [2.75, 3.05) is 37.5 Å². The van der Waals surface area contributed by atoms with Gasteiger partial charge in [0, 0.05) is 19.3 Å². The average Bonchev–Trinajstić information content (AvgIpc) is 2.52. The molecule has 0 aliphatic heterocycles. The van der Waals surface area contributed by atoms with Crippen LogP contribution in [0.25, 0.3) is 0 Å². The first kappa shape index (κ1) is 18.3. The molecule has 0 fully saturated rings. The Morgan fingerprint density at radius 1 is 1.23 bits per heavy atom. The smallest absolute Gasteiger partial charge is 0.243 e. The molecular weight excluding hydrogens is 303 g/mol. The summed E-state index contributed by atoms with van der Waals surface area (Å²) in [5.74, 6) is 1.20. The molecule has 1 aromatic carbocycles. The lowest BCUT2D eigenvalue weighted by atomic mass is 10.3. The summed E-state index contributed by atoms with van der Waals surface area (Å²) < 4.78 is 12.8. The normalized spacial score (nSPS) is 11.1. The van der Waals surface area contributed by atoms with Crippen LogP contribution in [-0.2, 0) is 4.79 Å². The van der Waals surface area contributed by atoms with Gasteiger partial charge in [0.1, 0.15) is 5.82 Å². The van der Waals surface area contributed by atoms with Gasteiger partial charge in [0.15, 0.2) is 5.96 Å². The van der Waals surface area contributed by atoms with Crippen LogP contribution in [0.15, 0.2) is 29.3 Å². The maximum atomic E-state index is 12.8. The summed E-state index contributed by atoms with van der Waals surface area (Å²) in [4.78, 5) is 15.8. The number of carbonyl (C=O) groups is 1. The second-order valence-electron chi connectivity index (χ2n) is 4.61. The third-order valence-electron chi connectivity index (χ3n) is 2.84. The lowest BCUT2D eigenvalue weighted by Gasteiger charge is -2.12. The Labute approximate surface area is 135 Å². The van der Waals surface area contributed by atoms with Gasteiger partial charge in [0.05, 0.1) is 6.54 Å². The molecule has 1 rings (SSSR count). The number of amides is 1. The summed E-state index contributed by atoms with van der Waals surface area (Å²) in [6.07, 6.45) is 4.30. The summed E-state index contributed by atoms with van der Waals surface area (Å²) in [5, 5.41) is 8.77. The van der Waals surface area contributed by atoms with Crippen molar-refractivity contribution < 1.29 is 9.18 Å². The van der Waals surface area contributed by atoms with Crippen LogP contribution < -0.4 is 16.0 Å². The predicted molar refractivity (Wildman–Crippen MR) is 92.0 cm³/mol. The number of halogens is 1. The molecule has 22 heavy (non-hydrogen) atoms. The number of anilines is 1. The van der Waals surface area contributed by atoms with Crippen LogP contribution >= 0.6 is 11.8 Å². The number of nitrogens with zero attached hydrogens (tertiary/aromatic N) is 1. The fourth-order valence-electron chi connectivity index (χ4n) is 1.70. The van der Waals surface area contributed by atoms with E-state index in [9.17, 15) is 9.18 Å². The van der Waals surface area contributed by atoms with E-state index in [0.29, 0.717) is 11.6 Å². The molecule has 0 radical (unpaired) electrons. The molecule has 122 valence electrons. The van der Waals surface area contributed by atoms with Gasteiger partial charge in [-0.2, -0.15) is 11.8 Å². The Bertz CT molecular complexity index is 479. The predicted octanol–water partition coefficient (Wildman–Crippen LogP) is 2.07. The van der Waals surface area contributed by atoms with E-state index >= 15 is 0 Å². The van der Waals surface area contributed by atoms with Crippen molar-refractivity contribution in [3.63, 3.8) is 0 Å². The van der Waals surface area contributed by atoms with E-state index in [1.165, 1.54) is 24.3 Å². The number of benzene rings is 1. The van der Waals surface area contributed by atoms with E-state index < -0.39 is 0 Å². The highest BCUT2D eigenvalue weighted by Gasteiger charge is 2.04. The Kier molecular flexibility index (Phi) is 9.06. The highest BCUT2D eigenvalue weighted by Crippen LogP contribution is 2.07. The molecule has 1 aromatic rings. The van der Waals surface area contributed by atoms with Gasteiger partial charge in [-0.3, -0.25) is 9.79 Å². The molecule has 1 amide bonds. The van der Waals surface area contributed by atoms with Crippen molar-refractivity contribution in [1.82, 2.24) is 10.6 Å². The first-order valence-corrected chi connectivity index (χ1v) is 8.54. The zero-order valence-corrected chi connectivity index (χ0v) is 13.8. The largest absolute Gasteiger partial charge is 0.356 e. The number of thioether (sulfide) groups is 1. The SMILES string of the molecule is CN=C(NCCCCSC)NCC(=O)Nc1ccc(F)cc1. The minimum absolute atomic E-state index is 0.0991. The van der Waals surface area contributed by atoms with Crippen LogP contribution in [0.5, 0.6) is 0 Å². The molecule has 3 N–H and O–H groups in total. The summed E-state index contributed by atoms with van der Waals surface area (Å²) in [5.41, 5.74) is 0.563. The minimum atomic E-state index is -0.331. The zero-order chi connectivity index (χ0) is 16.2. The molecule has 0 saturated heterocycles. The second-order valence-corrected chi connectivity index (χ2v) is 5.59. The number of hydrogen-bond donors (Lipinski definition) is 3. The highest BCUT2D eigenvalue weighted by atomic mass is 32.2. The molecule has 0 atom stereocenters.